The second-order valence-corrected chi connectivity index (χ2v) is 6.25. The fourth-order valence-electron chi connectivity index (χ4n) is 2.42. The van der Waals surface area contributed by atoms with Crippen LogP contribution >= 0.6 is 11.8 Å². The Morgan fingerprint density at radius 2 is 2.19 bits per heavy atom. The van der Waals surface area contributed by atoms with Crippen molar-refractivity contribution in [1.82, 2.24) is 34.3 Å². The number of aromatic nitrogens is 7. The van der Waals surface area contributed by atoms with Crippen molar-refractivity contribution >= 4 is 23.5 Å². The molecule has 0 radical (unpaired) electrons. The van der Waals surface area contributed by atoms with Crippen molar-refractivity contribution in [1.29, 1.82) is 0 Å². The second kappa shape index (κ2) is 6.52. The van der Waals surface area contributed by atoms with Crippen molar-refractivity contribution in [3.05, 3.63) is 52.7 Å². The summed E-state index contributed by atoms with van der Waals surface area (Å²) in [6, 6.07) is 9.00. The Balaban J connectivity index is 1.59. The molecule has 132 valence electrons. The number of fused-ring (bicyclic) bond motifs is 1. The van der Waals surface area contributed by atoms with Crippen LogP contribution in [0.4, 0.5) is 5.95 Å². The van der Waals surface area contributed by atoms with Gasteiger partial charge in [0.05, 0.1) is 18.5 Å². The molecule has 26 heavy (non-hydrogen) atoms. The van der Waals surface area contributed by atoms with Gasteiger partial charge in [-0.2, -0.15) is 9.50 Å². The van der Waals surface area contributed by atoms with Crippen molar-refractivity contribution in [2.45, 2.75) is 10.9 Å². The molecule has 0 aliphatic carbocycles. The average molecular weight is 370 g/mol. The molecule has 10 nitrogen and oxygen atoms in total. The first-order valence-corrected chi connectivity index (χ1v) is 8.54. The number of benzene rings is 1. The van der Waals surface area contributed by atoms with E-state index in [1.165, 1.54) is 22.3 Å². The molecule has 3 heterocycles. The van der Waals surface area contributed by atoms with Crippen molar-refractivity contribution in [2.75, 3.05) is 12.8 Å². The summed E-state index contributed by atoms with van der Waals surface area (Å²) in [7, 11) is 1.61. The summed E-state index contributed by atoms with van der Waals surface area (Å²) in [5.74, 6) is 1.54. The minimum Gasteiger partial charge on any atom is -0.497 e. The smallest absolute Gasteiger partial charge is 0.274 e. The molecular formula is C15H14N8O2S. The number of hydrogen-bond donors (Lipinski definition) is 2. The highest BCUT2D eigenvalue weighted by Gasteiger charge is 2.11. The Morgan fingerprint density at radius 1 is 1.31 bits per heavy atom. The van der Waals surface area contributed by atoms with Crippen molar-refractivity contribution in [2.24, 2.45) is 0 Å². The molecule has 0 atom stereocenters. The fraction of sp³-hybridized carbons (Fsp3) is 0.133. The first-order valence-electron chi connectivity index (χ1n) is 7.55. The molecule has 3 aromatic heterocycles. The molecule has 0 aliphatic heterocycles. The van der Waals surface area contributed by atoms with Crippen molar-refractivity contribution in [3.63, 3.8) is 0 Å². The monoisotopic (exact) mass is 370 g/mol. The van der Waals surface area contributed by atoms with E-state index in [1.807, 2.05) is 28.8 Å². The molecule has 0 saturated heterocycles. The van der Waals surface area contributed by atoms with Gasteiger partial charge in [-0.25, -0.2) is 4.98 Å². The topological polar surface area (TPSA) is 129 Å². The Morgan fingerprint density at radius 3 is 3.04 bits per heavy atom. The van der Waals surface area contributed by atoms with Gasteiger partial charge in [-0.15, -0.1) is 10.2 Å². The largest absolute Gasteiger partial charge is 0.497 e. The standard InChI is InChI=1S/C15H14N8O2S/c1-25-11-4-2-3-10(6-11)22-8-17-20-15(22)26-7-9-5-12(24)23-14(18-9)19-13(16)21-23/h2-6,8H,7H2,1H3,(H3,16,18,19,21). The highest BCUT2D eigenvalue weighted by molar-refractivity contribution is 7.98. The van der Waals surface area contributed by atoms with Crippen LogP contribution in [0.2, 0.25) is 0 Å². The Hall–Kier alpha value is -3.34. The van der Waals surface area contributed by atoms with Gasteiger partial charge < -0.3 is 10.5 Å². The lowest BCUT2D eigenvalue weighted by atomic mass is 10.3. The normalized spacial score (nSPS) is 11.1. The van der Waals surface area contributed by atoms with Crippen LogP contribution in [0, 0.1) is 0 Å². The third-order valence-corrected chi connectivity index (χ3v) is 4.57. The molecule has 11 heteroatoms. The number of nitrogens with two attached hydrogens (primary N) is 1. The first-order chi connectivity index (χ1) is 12.6. The molecular weight excluding hydrogens is 356 g/mol. The SMILES string of the molecule is COc1cccc(-n2cnnc2SCc2cc(=O)n3[nH]c(N)nc3n2)c1. The zero-order valence-corrected chi connectivity index (χ0v) is 14.5. The zero-order chi connectivity index (χ0) is 18.1. The average Bonchev–Trinajstić information content (AvgIpc) is 3.26. The molecule has 0 amide bonds. The van der Waals surface area contributed by atoms with Gasteiger partial charge in [0, 0.05) is 17.9 Å². The molecule has 4 rings (SSSR count). The van der Waals surface area contributed by atoms with Gasteiger partial charge in [0.2, 0.25) is 5.95 Å². The minimum atomic E-state index is -0.274. The molecule has 4 aromatic rings. The number of thioether (sulfide) groups is 1. The van der Waals surface area contributed by atoms with E-state index in [2.05, 4.69) is 25.3 Å². The Bertz CT molecular complexity index is 1130. The summed E-state index contributed by atoms with van der Waals surface area (Å²) in [6.45, 7) is 0. The predicted octanol–water partition coefficient (Wildman–Crippen LogP) is 0.881. The van der Waals surface area contributed by atoms with E-state index < -0.39 is 0 Å². The molecule has 0 bridgehead atoms. The lowest BCUT2D eigenvalue weighted by Gasteiger charge is -2.07. The van der Waals surface area contributed by atoms with Crippen LogP contribution in [-0.4, -0.2) is 41.5 Å². The highest BCUT2D eigenvalue weighted by Crippen LogP contribution is 2.24. The third kappa shape index (κ3) is 2.99. The van der Waals surface area contributed by atoms with Gasteiger partial charge >= 0.3 is 0 Å². The molecule has 0 saturated carbocycles. The van der Waals surface area contributed by atoms with Gasteiger partial charge in [0.15, 0.2) is 5.16 Å². The maximum atomic E-state index is 12.1. The van der Waals surface area contributed by atoms with Gasteiger partial charge in [0.25, 0.3) is 11.3 Å². The fourth-order valence-corrected chi connectivity index (χ4v) is 3.24. The summed E-state index contributed by atoms with van der Waals surface area (Å²) in [5.41, 5.74) is 6.74. The van der Waals surface area contributed by atoms with Crippen LogP contribution in [0.15, 0.2) is 46.6 Å². The molecule has 0 unspecified atom stereocenters. The summed E-state index contributed by atoms with van der Waals surface area (Å²) in [4.78, 5) is 20.4. The summed E-state index contributed by atoms with van der Waals surface area (Å²) >= 11 is 1.41. The predicted molar refractivity (Wildman–Crippen MR) is 95.5 cm³/mol. The van der Waals surface area contributed by atoms with Gasteiger partial charge in [-0.3, -0.25) is 14.5 Å². The summed E-state index contributed by atoms with van der Waals surface area (Å²) < 4.78 is 8.29. The zero-order valence-electron chi connectivity index (χ0n) is 13.7. The number of anilines is 1. The number of H-pyrrole nitrogens is 1. The van der Waals surface area contributed by atoms with Crippen LogP contribution in [0.1, 0.15) is 5.69 Å². The summed E-state index contributed by atoms with van der Waals surface area (Å²) in [5, 5.41) is 11.4. The lowest BCUT2D eigenvalue weighted by molar-refractivity contribution is 0.414. The molecule has 0 aliphatic rings. The molecule has 3 N–H and O–H groups in total. The van der Waals surface area contributed by atoms with E-state index in [9.17, 15) is 4.79 Å². The number of nitrogens with zero attached hydrogens (tertiary/aromatic N) is 6. The first kappa shape index (κ1) is 16.1. The molecule has 0 spiro atoms. The summed E-state index contributed by atoms with van der Waals surface area (Å²) in [6.07, 6.45) is 1.62. The van der Waals surface area contributed by atoms with E-state index in [4.69, 9.17) is 10.5 Å². The van der Waals surface area contributed by atoms with Crippen molar-refractivity contribution in [3.8, 4) is 11.4 Å². The van der Waals surface area contributed by atoms with Crippen LogP contribution in [0.3, 0.4) is 0 Å². The number of ether oxygens (including phenoxy) is 1. The lowest BCUT2D eigenvalue weighted by Crippen LogP contribution is -2.15. The van der Waals surface area contributed by atoms with Crippen LogP contribution < -0.4 is 16.0 Å². The number of nitrogens with one attached hydrogen (secondary N) is 1. The van der Waals surface area contributed by atoms with E-state index in [0.717, 1.165) is 11.4 Å². The quantitative estimate of drug-likeness (QED) is 0.495. The number of nitrogen functional groups attached to an aromatic ring is 1. The number of methoxy groups -OCH3 is 1. The van der Waals surface area contributed by atoms with Crippen molar-refractivity contribution < 1.29 is 4.74 Å². The van der Waals surface area contributed by atoms with E-state index in [1.54, 1.807) is 13.4 Å². The number of hydrogen-bond acceptors (Lipinski definition) is 8. The highest BCUT2D eigenvalue weighted by atomic mass is 32.2. The molecule has 0 fully saturated rings. The minimum absolute atomic E-state index is 0.136. The van der Waals surface area contributed by atoms with E-state index in [-0.39, 0.29) is 17.3 Å². The number of aromatic amines is 1. The maximum absolute atomic E-state index is 12.1. The second-order valence-electron chi connectivity index (χ2n) is 5.30. The maximum Gasteiger partial charge on any atom is 0.274 e. The Kier molecular flexibility index (Phi) is 4.05. The van der Waals surface area contributed by atoms with E-state index >= 15 is 0 Å². The van der Waals surface area contributed by atoms with Gasteiger partial charge in [-0.05, 0) is 12.1 Å². The van der Waals surface area contributed by atoms with Crippen LogP contribution in [0.5, 0.6) is 5.75 Å². The van der Waals surface area contributed by atoms with Gasteiger partial charge in [0.1, 0.15) is 12.1 Å². The number of rotatable bonds is 5. The van der Waals surface area contributed by atoms with Crippen LogP contribution in [-0.2, 0) is 5.75 Å². The van der Waals surface area contributed by atoms with Crippen LogP contribution in [0.25, 0.3) is 11.5 Å². The van der Waals surface area contributed by atoms with Gasteiger partial charge in [-0.1, -0.05) is 17.8 Å². The molecule has 1 aromatic carbocycles. The Labute approximate surface area is 151 Å². The third-order valence-electron chi connectivity index (χ3n) is 3.60. The van der Waals surface area contributed by atoms with E-state index in [0.29, 0.717) is 16.6 Å².